The highest BCUT2D eigenvalue weighted by atomic mass is 16.6. The van der Waals surface area contributed by atoms with E-state index in [1.165, 1.54) is 30.3 Å². The van der Waals surface area contributed by atoms with Crippen molar-refractivity contribution in [1.82, 2.24) is 23.7 Å². The quantitative estimate of drug-likeness (QED) is 0.171. The standard InChI is InChI=1S/C15H22O3.C13H17N3O5.C10H14O2.C9H8N2/c16-15(11-3-4-13-14(7-11)18-13)17-8-9-1-2-10-6-12(10)5-9;17-11-14(3-8-1-2-8)12(18)16(5-10-7-21-10)13(19)15(11)4-9-6-20-9;1-6-2-3-7-8(4-6)10(12)5-9(7)11;1-2-4-8(5-3-1)9-10-6-7-11-9/h9-14H,1-8H2;8-10H,1-7H2;6-8H,2-5H2,1H3;1-7H,(H,10,11). The molecule has 0 spiro atoms. The number of imidazole rings is 1. The van der Waals surface area contributed by atoms with Crippen LogP contribution in [-0.2, 0) is 53.0 Å². The molecule has 1 aromatic carbocycles. The number of fused-ring (bicyclic) bond motifs is 3. The Morgan fingerprint density at radius 2 is 1.37 bits per heavy atom. The largest absolute Gasteiger partial charge is 0.465 e. The normalized spacial score (nSPS) is 33.1. The van der Waals surface area contributed by atoms with Crippen molar-refractivity contribution in [3.63, 3.8) is 0 Å². The van der Waals surface area contributed by atoms with Crippen molar-refractivity contribution in [2.75, 3.05) is 19.8 Å². The number of carbonyl (C=O) groups excluding carboxylic acids is 3. The molecule has 9 aliphatic rings. The van der Waals surface area contributed by atoms with Crippen molar-refractivity contribution in [2.24, 2.45) is 47.3 Å². The summed E-state index contributed by atoms with van der Waals surface area (Å²) in [6.45, 7) is 4.79. The Bertz CT molecular complexity index is 2110. The number of nitrogens with zero attached hydrogens (tertiary/aromatic N) is 4. The number of benzene rings is 1. The summed E-state index contributed by atoms with van der Waals surface area (Å²) in [4.78, 5) is 79.1. The lowest BCUT2D eigenvalue weighted by Gasteiger charge is -2.27. The molecule has 6 aliphatic carbocycles. The third-order valence-electron chi connectivity index (χ3n) is 14.4. The number of Topliss-reactive ketones (excluding diaryl/α,β-unsaturated/α-hetero) is 2. The van der Waals surface area contributed by atoms with Gasteiger partial charge in [0.15, 0.2) is 0 Å². The molecule has 12 rings (SSSR count). The molecule has 2 aromatic heterocycles. The minimum Gasteiger partial charge on any atom is -0.465 e. The molecule has 15 heteroatoms. The van der Waals surface area contributed by atoms with Gasteiger partial charge in [0, 0.05) is 36.3 Å². The number of nitrogens with one attached hydrogen (secondary N) is 1. The number of aromatic amines is 1. The minimum absolute atomic E-state index is 0.0434. The lowest BCUT2D eigenvalue weighted by atomic mass is 9.76. The number of carbonyl (C=O) groups is 3. The van der Waals surface area contributed by atoms with Crippen molar-refractivity contribution in [2.45, 2.75) is 134 Å². The van der Waals surface area contributed by atoms with E-state index < -0.39 is 17.1 Å². The molecule has 11 atom stereocenters. The molecule has 0 radical (unpaired) electrons. The van der Waals surface area contributed by atoms with E-state index in [1.54, 1.807) is 6.20 Å². The predicted molar refractivity (Wildman–Crippen MR) is 226 cm³/mol. The number of epoxide rings is 3. The predicted octanol–water partition coefficient (Wildman–Crippen LogP) is 4.57. The Morgan fingerprint density at radius 3 is 1.98 bits per heavy atom. The summed E-state index contributed by atoms with van der Waals surface area (Å²) in [6.07, 6.45) is 17.9. The van der Waals surface area contributed by atoms with E-state index in [4.69, 9.17) is 18.9 Å². The van der Waals surface area contributed by atoms with Gasteiger partial charge >= 0.3 is 23.0 Å². The molecule has 11 unspecified atom stereocenters. The average molecular weight is 856 g/mol. The van der Waals surface area contributed by atoms with Crippen LogP contribution in [0.1, 0.15) is 90.4 Å². The Balaban J connectivity index is 0.000000109. The third kappa shape index (κ3) is 10.8. The monoisotopic (exact) mass is 855 g/mol. The fraction of sp³-hybridized carbons (Fsp3) is 0.681. The molecule has 15 nitrogen and oxygen atoms in total. The first-order valence-corrected chi connectivity index (χ1v) is 23.2. The van der Waals surface area contributed by atoms with E-state index in [0.717, 1.165) is 83.7 Å². The number of H-pyrrole nitrogens is 1. The van der Waals surface area contributed by atoms with Crippen LogP contribution in [0.3, 0.4) is 0 Å². The highest BCUT2D eigenvalue weighted by Crippen LogP contribution is 2.51. The molecule has 3 saturated heterocycles. The number of ketones is 2. The topological polar surface area (TPSA) is 193 Å². The highest BCUT2D eigenvalue weighted by Gasteiger charge is 2.47. The van der Waals surface area contributed by atoms with Gasteiger partial charge in [0.05, 0.1) is 69.7 Å². The fourth-order valence-electron chi connectivity index (χ4n) is 10.1. The van der Waals surface area contributed by atoms with Crippen LogP contribution < -0.4 is 17.1 Å². The molecule has 9 fully saturated rings. The second-order valence-electron chi connectivity index (χ2n) is 19.4. The van der Waals surface area contributed by atoms with Gasteiger partial charge in [-0.05, 0) is 107 Å². The summed E-state index contributed by atoms with van der Waals surface area (Å²) in [5.74, 6) is 5.36. The van der Waals surface area contributed by atoms with Gasteiger partial charge in [-0.1, -0.05) is 37.3 Å². The highest BCUT2D eigenvalue weighted by molar-refractivity contribution is 6.08. The number of rotatable bonds is 10. The Hall–Kier alpha value is -4.47. The molecular formula is C47H61N5O10. The summed E-state index contributed by atoms with van der Waals surface area (Å²) < 4.78 is 24.7. The molecule has 0 bridgehead atoms. The lowest BCUT2D eigenvalue weighted by molar-refractivity contribution is -0.151. The maximum absolute atomic E-state index is 12.4. The first-order valence-electron chi connectivity index (χ1n) is 23.2. The second-order valence-corrected chi connectivity index (χ2v) is 19.4. The van der Waals surface area contributed by atoms with Gasteiger partial charge in [-0.25, -0.2) is 33.1 Å². The van der Waals surface area contributed by atoms with E-state index in [0.29, 0.717) is 56.3 Å². The first kappa shape index (κ1) is 42.8. The number of hydrogen-bond acceptors (Lipinski definition) is 11. The van der Waals surface area contributed by atoms with Crippen LogP contribution in [0.2, 0.25) is 0 Å². The smallest absolute Gasteiger partial charge is 0.336 e. The Labute approximate surface area is 360 Å². The number of ether oxygens (including phenoxy) is 4. The van der Waals surface area contributed by atoms with Gasteiger partial charge in [-0.2, -0.15) is 0 Å². The summed E-state index contributed by atoms with van der Waals surface area (Å²) in [6, 6.07) is 10.0. The molecule has 334 valence electrons. The summed E-state index contributed by atoms with van der Waals surface area (Å²) in [5, 5.41) is 0. The van der Waals surface area contributed by atoms with Crippen LogP contribution in [0.4, 0.5) is 0 Å². The summed E-state index contributed by atoms with van der Waals surface area (Å²) >= 11 is 0. The van der Waals surface area contributed by atoms with Gasteiger partial charge < -0.3 is 23.9 Å². The van der Waals surface area contributed by atoms with Crippen molar-refractivity contribution >= 4 is 17.5 Å². The molecule has 3 aliphatic heterocycles. The number of aromatic nitrogens is 5. The van der Waals surface area contributed by atoms with Crippen LogP contribution >= 0.6 is 0 Å². The van der Waals surface area contributed by atoms with Gasteiger partial charge in [0.25, 0.3) is 0 Å². The maximum atomic E-state index is 12.4. The van der Waals surface area contributed by atoms with Gasteiger partial charge in [-0.15, -0.1) is 0 Å². The van der Waals surface area contributed by atoms with Crippen LogP contribution in [-0.4, -0.2) is 85.4 Å². The zero-order chi connectivity index (χ0) is 42.9. The lowest BCUT2D eigenvalue weighted by Crippen LogP contribution is -2.55. The van der Waals surface area contributed by atoms with Crippen molar-refractivity contribution in [3.8, 4) is 11.4 Å². The minimum atomic E-state index is -0.553. The van der Waals surface area contributed by atoms with Crippen molar-refractivity contribution in [3.05, 3.63) is 74.2 Å². The molecule has 5 heterocycles. The van der Waals surface area contributed by atoms with Crippen LogP contribution in [0.25, 0.3) is 11.4 Å². The molecule has 0 amide bonds. The van der Waals surface area contributed by atoms with Crippen molar-refractivity contribution < 1.29 is 33.3 Å². The Morgan fingerprint density at radius 1 is 0.710 bits per heavy atom. The van der Waals surface area contributed by atoms with E-state index in [9.17, 15) is 28.8 Å². The van der Waals surface area contributed by atoms with Gasteiger partial charge in [0.2, 0.25) is 0 Å². The number of hydrogen-bond donors (Lipinski definition) is 1. The van der Waals surface area contributed by atoms with E-state index in [1.807, 2.05) is 36.5 Å². The average Bonchev–Trinajstić information content (AvgIpc) is 4.02. The van der Waals surface area contributed by atoms with E-state index >= 15 is 0 Å². The van der Waals surface area contributed by atoms with Crippen molar-refractivity contribution in [1.29, 1.82) is 0 Å². The zero-order valence-corrected chi connectivity index (χ0v) is 35.8. The van der Waals surface area contributed by atoms with Gasteiger partial charge in [-0.3, -0.25) is 14.4 Å². The molecule has 3 aromatic rings. The second kappa shape index (κ2) is 18.7. The maximum Gasteiger partial charge on any atom is 0.336 e. The molecule has 62 heavy (non-hydrogen) atoms. The zero-order valence-electron chi connectivity index (χ0n) is 35.8. The summed E-state index contributed by atoms with van der Waals surface area (Å²) in [5.41, 5.74) is -0.457. The van der Waals surface area contributed by atoms with Crippen LogP contribution in [0.5, 0.6) is 0 Å². The van der Waals surface area contributed by atoms with Crippen LogP contribution in [0, 0.1) is 47.3 Å². The summed E-state index contributed by atoms with van der Waals surface area (Å²) in [7, 11) is 0. The molecule has 6 saturated carbocycles. The molecule has 1 N–H and O–H groups in total. The third-order valence-corrected chi connectivity index (χ3v) is 14.4. The van der Waals surface area contributed by atoms with Gasteiger partial charge in [0.1, 0.15) is 17.4 Å². The van der Waals surface area contributed by atoms with E-state index in [2.05, 4.69) is 16.9 Å². The van der Waals surface area contributed by atoms with E-state index in [-0.39, 0.29) is 67.0 Å². The number of esters is 1. The Kier molecular flexibility index (Phi) is 12.9. The fourth-order valence-corrected chi connectivity index (χ4v) is 10.1. The first-order chi connectivity index (χ1) is 30.1. The van der Waals surface area contributed by atoms with Crippen LogP contribution in [0.15, 0.2) is 57.1 Å². The molecular weight excluding hydrogens is 795 g/mol. The SMILES string of the molecule is CC1CCC2C(=O)CC(=O)C2C1.O=C(OCC1CCC2CC2C1)C1CCC2OC2C1.O=c1n(CC2CC2)c(=O)n(CC2CO2)c(=O)n1CC1CO1.c1ccc(-c2ncc[nH]2)cc1.